The molecule has 1 amide bonds. The standard InChI is InChI=1S/C16H15FN2O2/c17-12-7-5-11(6-8-12)13-3-2-10-19(13)16(21)15-14(20)4-1-9-18-15/h1,4-9,13,20H,2-3,10H2. The van der Waals surface area contributed by atoms with E-state index in [4.69, 9.17) is 0 Å². The van der Waals surface area contributed by atoms with Gasteiger partial charge in [0, 0.05) is 12.7 Å². The summed E-state index contributed by atoms with van der Waals surface area (Å²) in [6, 6.07) is 9.12. The van der Waals surface area contributed by atoms with Crippen LogP contribution in [0, 0.1) is 5.82 Å². The van der Waals surface area contributed by atoms with E-state index in [-0.39, 0.29) is 29.2 Å². The van der Waals surface area contributed by atoms with E-state index in [0.717, 1.165) is 18.4 Å². The molecule has 0 saturated carbocycles. The fourth-order valence-corrected chi connectivity index (χ4v) is 2.74. The molecule has 21 heavy (non-hydrogen) atoms. The molecule has 1 aromatic heterocycles. The first-order chi connectivity index (χ1) is 10.2. The van der Waals surface area contributed by atoms with Crippen LogP contribution < -0.4 is 0 Å². The lowest BCUT2D eigenvalue weighted by molar-refractivity contribution is 0.0726. The van der Waals surface area contributed by atoms with E-state index in [1.54, 1.807) is 23.1 Å². The van der Waals surface area contributed by atoms with E-state index < -0.39 is 0 Å². The molecule has 2 heterocycles. The van der Waals surface area contributed by atoms with Gasteiger partial charge in [-0.15, -0.1) is 0 Å². The third-order valence-electron chi connectivity index (χ3n) is 3.76. The molecule has 1 fully saturated rings. The Morgan fingerprint density at radius 2 is 2.05 bits per heavy atom. The molecule has 108 valence electrons. The zero-order valence-corrected chi connectivity index (χ0v) is 11.4. The van der Waals surface area contributed by atoms with Crippen LogP contribution in [0.25, 0.3) is 0 Å². The summed E-state index contributed by atoms with van der Waals surface area (Å²) in [7, 11) is 0. The second-order valence-electron chi connectivity index (χ2n) is 5.08. The van der Waals surface area contributed by atoms with Crippen molar-refractivity contribution in [2.24, 2.45) is 0 Å². The number of carbonyl (C=O) groups is 1. The van der Waals surface area contributed by atoms with Gasteiger partial charge in [-0.1, -0.05) is 12.1 Å². The molecule has 4 nitrogen and oxygen atoms in total. The van der Waals surface area contributed by atoms with Crippen molar-refractivity contribution in [2.45, 2.75) is 18.9 Å². The summed E-state index contributed by atoms with van der Waals surface area (Å²) in [5.41, 5.74) is 0.962. The molecule has 1 unspecified atom stereocenters. The van der Waals surface area contributed by atoms with Crippen molar-refractivity contribution < 1.29 is 14.3 Å². The van der Waals surface area contributed by atoms with Gasteiger partial charge in [-0.25, -0.2) is 9.37 Å². The number of aromatic nitrogens is 1. The fourth-order valence-electron chi connectivity index (χ4n) is 2.74. The van der Waals surface area contributed by atoms with Gasteiger partial charge in [-0.3, -0.25) is 4.79 Å². The van der Waals surface area contributed by atoms with Crippen molar-refractivity contribution in [3.8, 4) is 5.75 Å². The lowest BCUT2D eigenvalue weighted by Crippen LogP contribution is -2.31. The summed E-state index contributed by atoms with van der Waals surface area (Å²) in [6.07, 6.45) is 3.18. The Morgan fingerprint density at radius 1 is 1.29 bits per heavy atom. The maximum absolute atomic E-state index is 13.0. The Morgan fingerprint density at radius 3 is 2.76 bits per heavy atom. The molecule has 1 aromatic carbocycles. The van der Waals surface area contributed by atoms with Crippen LogP contribution in [0.5, 0.6) is 5.75 Å². The van der Waals surface area contributed by atoms with Gasteiger partial charge in [0.25, 0.3) is 5.91 Å². The predicted octanol–water partition coefficient (Wildman–Crippen LogP) is 2.90. The molecule has 0 spiro atoms. The van der Waals surface area contributed by atoms with E-state index in [1.165, 1.54) is 24.4 Å². The molecule has 5 heteroatoms. The zero-order valence-electron chi connectivity index (χ0n) is 11.4. The maximum atomic E-state index is 13.0. The van der Waals surface area contributed by atoms with Crippen LogP contribution in [-0.4, -0.2) is 27.4 Å². The number of rotatable bonds is 2. The summed E-state index contributed by atoms with van der Waals surface area (Å²) in [5, 5.41) is 9.77. The number of pyridine rings is 1. The minimum Gasteiger partial charge on any atom is -0.505 e. The predicted molar refractivity (Wildman–Crippen MR) is 75.3 cm³/mol. The van der Waals surface area contributed by atoms with Crippen LogP contribution in [-0.2, 0) is 0 Å². The lowest BCUT2D eigenvalue weighted by atomic mass is 10.0. The quantitative estimate of drug-likeness (QED) is 0.923. The highest BCUT2D eigenvalue weighted by molar-refractivity contribution is 5.95. The van der Waals surface area contributed by atoms with Gasteiger partial charge < -0.3 is 10.0 Å². The molecular weight excluding hydrogens is 271 g/mol. The van der Waals surface area contributed by atoms with Gasteiger partial charge in [0.05, 0.1) is 6.04 Å². The minimum absolute atomic E-state index is 0.0616. The highest BCUT2D eigenvalue weighted by atomic mass is 19.1. The second-order valence-corrected chi connectivity index (χ2v) is 5.08. The summed E-state index contributed by atoms with van der Waals surface area (Å²) in [6.45, 7) is 0.608. The number of hydrogen-bond acceptors (Lipinski definition) is 3. The number of benzene rings is 1. The number of carbonyl (C=O) groups excluding carboxylic acids is 1. The lowest BCUT2D eigenvalue weighted by Gasteiger charge is -2.25. The number of aromatic hydroxyl groups is 1. The van der Waals surface area contributed by atoms with Crippen molar-refractivity contribution >= 4 is 5.91 Å². The summed E-state index contributed by atoms with van der Waals surface area (Å²) >= 11 is 0. The number of amides is 1. The van der Waals surface area contributed by atoms with Crippen LogP contribution in [0.15, 0.2) is 42.6 Å². The third kappa shape index (κ3) is 2.59. The summed E-state index contributed by atoms with van der Waals surface area (Å²) in [4.78, 5) is 18.2. The second kappa shape index (κ2) is 5.52. The number of nitrogens with zero attached hydrogens (tertiary/aromatic N) is 2. The smallest absolute Gasteiger partial charge is 0.276 e. The first-order valence-corrected chi connectivity index (χ1v) is 6.87. The van der Waals surface area contributed by atoms with Crippen molar-refractivity contribution in [1.82, 2.24) is 9.88 Å². The number of likely N-dealkylation sites (tertiary alicyclic amines) is 1. The van der Waals surface area contributed by atoms with Crippen molar-refractivity contribution in [3.63, 3.8) is 0 Å². The van der Waals surface area contributed by atoms with Gasteiger partial charge in [-0.2, -0.15) is 0 Å². The van der Waals surface area contributed by atoms with Gasteiger partial charge >= 0.3 is 0 Å². The molecule has 1 N–H and O–H groups in total. The molecule has 0 aliphatic carbocycles. The van der Waals surface area contributed by atoms with Gasteiger partial charge in [0.1, 0.15) is 11.6 Å². The Kier molecular flexibility index (Phi) is 3.56. The van der Waals surface area contributed by atoms with Gasteiger partial charge in [0.15, 0.2) is 5.69 Å². The van der Waals surface area contributed by atoms with Crippen molar-refractivity contribution in [2.75, 3.05) is 6.54 Å². The first-order valence-electron chi connectivity index (χ1n) is 6.87. The van der Waals surface area contributed by atoms with Gasteiger partial charge in [0.2, 0.25) is 0 Å². The molecule has 1 saturated heterocycles. The van der Waals surface area contributed by atoms with Crippen molar-refractivity contribution in [1.29, 1.82) is 0 Å². The largest absolute Gasteiger partial charge is 0.505 e. The average molecular weight is 286 g/mol. The highest BCUT2D eigenvalue weighted by Gasteiger charge is 2.32. The summed E-state index contributed by atoms with van der Waals surface area (Å²) in [5.74, 6) is -0.704. The zero-order chi connectivity index (χ0) is 14.8. The van der Waals surface area contributed by atoms with E-state index in [9.17, 15) is 14.3 Å². The SMILES string of the molecule is O=C(c1ncccc1O)N1CCCC1c1ccc(F)cc1. The normalized spacial score (nSPS) is 18.0. The maximum Gasteiger partial charge on any atom is 0.276 e. The molecular formula is C16H15FN2O2. The van der Waals surface area contributed by atoms with Crippen LogP contribution >= 0.6 is 0 Å². The van der Waals surface area contributed by atoms with E-state index in [0.29, 0.717) is 6.54 Å². The van der Waals surface area contributed by atoms with Crippen LogP contribution in [0.3, 0.4) is 0 Å². The fraction of sp³-hybridized carbons (Fsp3) is 0.250. The van der Waals surface area contributed by atoms with Crippen LogP contribution in [0.4, 0.5) is 4.39 Å². The van der Waals surface area contributed by atoms with Crippen LogP contribution in [0.1, 0.15) is 34.9 Å². The molecule has 0 radical (unpaired) electrons. The molecule has 1 aliphatic rings. The topological polar surface area (TPSA) is 53.4 Å². The number of halogens is 1. The molecule has 3 rings (SSSR count). The molecule has 0 bridgehead atoms. The molecule has 1 aliphatic heterocycles. The Hall–Kier alpha value is -2.43. The summed E-state index contributed by atoms with van der Waals surface area (Å²) < 4.78 is 13.0. The Bertz CT molecular complexity index is 658. The van der Waals surface area contributed by atoms with Gasteiger partial charge in [-0.05, 0) is 42.7 Å². The van der Waals surface area contributed by atoms with E-state index in [2.05, 4.69) is 4.98 Å². The molecule has 2 aromatic rings. The minimum atomic E-state index is -0.294. The van der Waals surface area contributed by atoms with Crippen LogP contribution in [0.2, 0.25) is 0 Å². The van der Waals surface area contributed by atoms with E-state index in [1.807, 2.05) is 0 Å². The Labute approximate surface area is 121 Å². The number of hydrogen-bond donors (Lipinski definition) is 1. The average Bonchev–Trinajstić information content (AvgIpc) is 2.97. The monoisotopic (exact) mass is 286 g/mol. The van der Waals surface area contributed by atoms with E-state index >= 15 is 0 Å². The van der Waals surface area contributed by atoms with Crippen molar-refractivity contribution in [3.05, 3.63) is 59.7 Å². The Balaban J connectivity index is 1.89. The highest BCUT2D eigenvalue weighted by Crippen LogP contribution is 2.33. The first kappa shape index (κ1) is 13.5. The third-order valence-corrected chi connectivity index (χ3v) is 3.76. The molecule has 1 atom stereocenters.